The lowest BCUT2D eigenvalue weighted by molar-refractivity contribution is -0.122. The summed E-state index contributed by atoms with van der Waals surface area (Å²) in [6, 6.07) is 8.04. The molecule has 0 saturated carbocycles. The molecule has 1 heterocycles. The van der Waals surface area contributed by atoms with Gasteiger partial charge in [0, 0.05) is 11.1 Å². The van der Waals surface area contributed by atoms with Crippen LogP contribution in [0.5, 0.6) is 0 Å². The lowest BCUT2D eigenvalue weighted by Gasteiger charge is -2.16. The number of ether oxygens (including phenoxy) is 1. The molecule has 3 nitrogen and oxygen atoms in total. The Morgan fingerprint density at radius 2 is 2.41 bits per heavy atom. The number of rotatable bonds is 3. The topological polar surface area (TPSA) is 38.3 Å². The number of benzene rings is 1. The second-order valence-corrected chi connectivity index (χ2v) is 5.26. The molecule has 2 unspecified atom stereocenters. The highest BCUT2D eigenvalue weighted by Crippen LogP contribution is 2.20. The van der Waals surface area contributed by atoms with E-state index in [1.54, 1.807) is 0 Å². The average molecular weight is 298 g/mol. The highest BCUT2D eigenvalue weighted by Gasteiger charge is 2.21. The van der Waals surface area contributed by atoms with Crippen molar-refractivity contribution < 1.29 is 9.53 Å². The second-order valence-electron chi connectivity index (χ2n) is 4.35. The van der Waals surface area contributed by atoms with Crippen LogP contribution in [0, 0.1) is 0 Å². The van der Waals surface area contributed by atoms with Gasteiger partial charge in [-0.1, -0.05) is 28.1 Å². The van der Waals surface area contributed by atoms with Crippen LogP contribution in [0.15, 0.2) is 28.7 Å². The third-order valence-electron chi connectivity index (χ3n) is 3.02. The van der Waals surface area contributed by atoms with Crippen LogP contribution in [-0.2, 0) is 9.53 Å². The minimum atomic E-state index is -0.131. The molecule has 1 aliphatic heterocycles. The Balaban J connectivity index is 1.98. The second kappa shape index (κ2) is 5.65. The molecule has 0 spiro atoms. The number of carbonyl (C=O) groups excluding carboxylic acids is 1. The largest absolute Gasteiger partial charge is 0.379 e. The highest BCUT2D eigenvalue weighted by atomic mass is 79.9. The van der Waals surface area contributed by atoms with Gasteiger partial charge in [-0.3, -0.25) is 4.79 Å². The number of halogens is 1. The molecular weight excluding hydrogens is 282 g/mol. The fourth-order valence-corrected chi connectivity index (χ4v) is 2.32. The van der Waals surface area contributed by atoms with Crippen molar-refractivity contribution >= 4 is 21.8 Å². The maximum atomic E-state index is 12.0. The van der Waals surface area contributed by atoms with E-state index in [0.717, 1.165) is 23.1 Å². The van der Waals surface area contributed by atoms with Crippen LogP contribution in [-0.4, -0.2) is 25.2 Å². The Bertz CT molecular complexity index is 402. The molecule has 4 heteroatoms. The third kappa shape index (κ3) is 3.30. The van der Waals surface area contributed by atoms with Crippen molar-refractivity contribution in [3.05, 3.63) is 34.3 Å². The molecule has 0 aliphatic carbocycles. The lowest BCUT2D eigenvalue weighted by Crippen LogP contribution is -2.37. The molecule has 0 bridgehead atoms. The summed E-state index contributed by atoms with van der Waals surface area (Å²) in [4.78, 5) is 12.0. The van der Waals surface area contributed by atoms with Crippen molar-refractivity contribution in [1.82, 2.24) is 5.32 Å². The predicted molar refractivity (Wildman–Crippen MR) is 69.9 cm³/mol. The van der Waals surface area contributed by atoms with Gasteiger partial charge in [-0.15, -0.1) is 0 Å². The van der Waals surface area contributed by atoms with Crippen LogP contribution in [0.2, 0.25) is 0 Å². The molecule has 1 N–H and O–H groups in total. The highest BCUT2D eigenvalue weighted by molar-refractivity contribution is 9.10. The molecule has 2 atom stereocenters. The summed E-state index contributed by atoms with van der Waals surface area (Å²) in [5.41, 5.74) is 1.02. The molecule has 1 fully saturated rings. The van der Waals surface area contributed by atoms with E-state index in [4.69, 9.17) is 4.74 Å². The van der Waals surface area contributed by atoms with Gasteiger partial charge in [-0.25, -0.2) is 0 Å². The summed E-state index contributed by atoms with van der Waals surface area (Å²) in [5, 5.41) is 3.02. The standard InChI is InChI=1S/C13H16BrNO2/c1-9(10-3-2-4-11(14)7-10)13(16)15-12-5-6-17-8-12/h2-4,7,9,12H,5-6,8H2,1H3,(H,15,16). The molecule has 0 aromatic heterocycles. The molecule has 1 saturated heterocycles. The average Bonchev–Trinajstić information content (AvgIpc) is 2.80. The van der Waals surface area contributed by atoms with Gasteiger partial charge in [-0.05, 0) is 31.0 Å². The Hall–Kier alpha value is -0.870. The fraction of sp³-hybridized carbons (Fsp3) is 0.462. The zero-order chi connectivity index (χ0) is 12.3. The van der Waals surface area contributed by atoms with Crippen LogP contribution < -0.4 is 5.32 Å². The third-order valence-corrected chi connectivity index (χ3v) is 3.51. The Labute approximate surface area is 110 Å². The van der Waals surface area contributed by atoms with E-state index in [-0.39, 0.29) is 17.9 Å². The summed E-state index contributed by atoms with van der Waals surface area (Å²) in [5.74, 6) is -0.0632. The van der Waals surface area contributed by atoms with Crippen molar-refractivity contribution in [1.29, 1.82) is 0 Å². The Kier molecular flexibility index (Phi) is 4.18. The fourth-order valence-electron chi connectivity index (χ4n) is 1.90. The molecule has 92 valence electrons. The van der Waals surface area contributed by atoms with Gasteiger partial charge < -0.3 is 10.1 Å². The summed E-state index contributed by atoms with van der Waals surface area (Å²) < 4.78 is 6.24. The molecule has 2 rings (SSSR count). The van der Waals surface area contributed by atoms with Gasteiger partial charge in [0.05, 0.1) is 18.6 Å². The smallest absolute Gasteiger partial charge is 0.227 e. The summed E-state index contributed by atoms with van der Waals surface area (Å²) in [6.45, 7) is 3.31. The van der Waals surface area contributed by atoms with E-state index in [0.29, 0.717) is 6.61 Å². The first-order chi connectivity index (χ1) is 8.16. The first-order valence-corrected chi connectivity index (χ1v) is 6.59. The van der Waals surface area contributed by atoms with Gasteiger partial charge in [0.25, 0.3) is 0 Å². The van der Waals surface area contributed by atoms with Crippen molar-refractivity contribution in [2.45, 2.75) is 25.3 Å². The Morgan fingerprint density at radius 1 is 1.59 bits per heavy atom. The molecule has 0 radical (unpaired) electrons. The number of amides is 1. The quantitative estimate of drug-likeness (QED) is 0.931. The van der Waals surface area contributed by atoms with Gasteiger partial charge in [0.2, 0.25) is 5.91 Å². The minimum Gasteiger partial charge on any atom is -0.379 e. The number of carbonyl (C=O) groups is 1. The molecule has 1 aliphatic rings. The van der Waals surface area contributed by atoms with Crippen molar-refractivity contribution in [3.63, 3.8) is 0 Å². The van der Waals surface area contributed by atoms with Crippen molar-refractivity contribution in [3.8, 4) is 0 Å². The van der Waals surface area contributed by atoms with Gasteiger partial charge in [0.15, 0.2) is 0 Å². The lowest BCUT2D eigenvalue weighted by atomic mass is 10.00. The van der Waals surface area contributed by atoms with Crippen LogP contribution in [0.25, 0.3) is 0 Å². The SMILES string of the molecule is CC(C(=O)NC1CCOC1)c1cccc(Br)c1. The van der Waals surface area contributed by atoms with E-state index in [1.165, 1.54) is 0 Å². The molecular formula is C13H16BrNO2. The normalized spacial score (nSPS) is 21.2. The number of hydrogen-bond acceptors (Lipinski definition) is 2. The predicted octanol–water partition coefficient (Wildman–Crippen LogP) is 2.46. The maximum Gasteiger partial charge on any atom is 0.227 e. The molecule has 1 amide bonds. The first kappa shape index (κ1) is 12.6. The summed E-state index contributed by atoms with van der Waals surface area (Å²) in [6.07, 6.45) is 0.914. The van der Waals surface area contributed by atoms with Gasteiger partial charge >= 0.3 is 0 Å². The monoisotopic (exact) mass is 297 g/mol. The van der Waals surface area contributed by atoms with Crippen LogP contribution in [0.3, 0.4) is 0 Å². The van der Waals surface area contributed by atoms with E-state index < -0.39 is 0 Å². The van der Waals surface area contributed by atoms with Crippen LogP contribution in [0.4, 0.5) is 0 Å². The summed E-state index contributed by atoms with van der Waals surface area (Å²) in [7, 11) is 0. The van der Waals surface area contributed by atoms with Crippen LogP contribution >= 0.6 is 15.9 Å². The maximum absolute atomic E-state index is 12.0. The van der Waals surface area contributed by atoms with Gasteiger partial charge in [0.1, 0.15) is 0 Å². The van der Waals surface area contributed by atoms with E-state index in [2.05, 4.69) is 21.2 Å². The van der Waals surface area contributed by atoms with Crippen molar-refractivity contribution in [2.24, 2.45) is 0 Å². The van der Waals surface area contributed by atoms with E-state index in [9.17, 15) is 4.79 Å². The summed E-state index contributed by atoms with van der Waals surface area (Å²) >= 11 is 3.42. The first-order valence-electron chi connectivity index (χ1n) is 5.80. The van der Waals surface area contributed by atoms with E-state index in [1.807, 2.05) is 31.2 Å². The zero-order valence-corrected chi connectivity index (χ0v) is 11.4. The molecule has 17 heavy (non-hydrogen) atoms. The molecule has 1 aromatic carbocycles. The minimum absolute atomic E-state index is 0.0681. The Morgan fingerprint density at radius 3 is 3.06 bits per heavy atom. The number of hydrogen-bond donors (Lipinski definition) is 1. The zero-order valence-electron chi connectivity index (χ0n) is 9.78. The van der Waals surface area contributed by atoms with Crippen LogP contribution in [0.1, 0.15) is 24.8 Å². The van der Waals surface area contributed by atoms with Gasteiger partial charge in [-0.2, -0.15) is 0 Å². The van der Waals surface area contributed by atoms with E-state index >= 15 is 0 Å². The van der Waals surface area contributed by atoms with Crippen molar-refractivity contribution in [2.75, 3.05) is 13.2 Å². The molecule has 1 aromatic rings. The number of nitrogens with one attached hydrogen (secondary N) is 1.